The highest BCUT2D eigenvalue weighted by Gasteiger charge is 2.10. The van der Waals surface area contributed by atoms with Gasteiger partial charge >= 0.3 is 0 Å². The van der Waals surface area contributed by atoms with Gasteiger partial charge in [-0.3, -0.25) is 14.6 Å². The van der Waals surface area contributed by atoms with Crippen molar-refractivity contribution in [3.05, 3.63) is 141 Å². The van der Waals surface area contributed by atoms with Crippen molar-refractivity contribution in [1.82, 2.24) is 14.9 Å². The number of nitrogens with zero attached hydrogens (tertiary/aromatic N) is 2. The Morgan fingerprint density at radius 1 is 0.972 bits per heavy atom. The minimum atomic E-state index is -0.154. The smallest absolute Gasteiger partial charge is 0.253 e. The summed E-state index contributed by atoms with van der Waals surface area (Å²) in [4.78, 5) is 29.0. The van der Waals surface area contributed by atoms with Crippen LogP contribution in [0, 0.1) is 13.8 Å². The molecule has 2 aromatic carbocycles. The number of amides is 1. The van der Waals surface area contributed by atoms with E-state index in [4.69, 9.17) is 0 Å². The summed E-state index contributed by atoms with van der Waals surface area (Å²) in [7, 11) is 0. The van der Waals surface area contributed by atoms with Crippen molar-refractivity contribution in [2.45, 2.75) is 33.4 Å². The van der Waals surface area contributed by atoms with Gasteiger partial charge < -0.3 is 15.2 Å². The quantitative estimate of drug-likeness (QED) is 0.356. The normalized spacial score (nSPS) is 10.6. The van der Waals surface area contributed by atoms with E-state index in [9.17, 15) is 9.59 Å². The van der Waals surface area contributed by atoms with E-state index >= 15 is 0 Å². The molecular weight excluding hydrogens is 448 g/mol. The zero-order valence-electron chi connectivity index (χ0n) is 20.6. The molecule has 0 atom stereocenters. The fraction of sp³-hybridized carbons (Fsp3) is 0.167. The van der Waals surface area contributed by atoms with E-state index in [0.29, 0.717) is 25.1 Å². The molecule has 2 aromatic heterocycles. The molecule has 0 unspecified atom stereocenters. The summed E-state index contributed by atoms with van der Waals surface area (Å²) < 4.78 is 1.68. The molecule has 4 rings (SSSR count). The summed E-state index contributed by atoms with van der Waals surface area (Å²) in [5, 5.41) is 6.15. The van der Waals surface area contributed by atoms with Crippen LogP contribution in [0.25, 0.3) is 0 Å². The number of carbonyl (C=O) groups is 1. The molecule has 6 heteroatoms. The maximum Gasteiger partial charge on any atom is 0.253 e. The zero-order chi connectivity index (χ0) is 25.5. The number of benzene rings is 2. The van der Waals surface area contributed by atoms with Gasteiger partial charge in [-0.1, -0.05) is 43.0 Å². The summed E-state index contributed by atoms with van der Waals surface area (Å²) in [5.74, 6) is -0.154. The molecule has 0 fully saturated rings. The number of aryl methyl sites for hydroxylation is 2. The van der Waals surface area contributed by atoms with Crippen LogP contribution in [0.2, 0.25) is 0 Å². The van der Waals surface area contributed by atoms with Gasteiger partial charge in [0, 0.05) is 36.9 Å². The number of anilines is 1. The molecule has 0 aliphatic heterocycles. The van der Waals surface area contributed by atoms with Crippen LogP contribution in [0.4, 0.5) is 5.69 Å². The Morgan fingerprint density at radius 2 is 1.75 bits per heavy atom. The van der Waals surface area contributed by atoms with E-state index < -0.39 is 0 Å². The first-order chi connectivity index (χ1) is 17.4. The number of nitrogens with one attached hydrogen (secondary N) is 2. The topological polar surface area (TPSA) is 76.0 Å². The Hall–Kier alpha value is -4.45. The molecule has 0 aliphatic carbocycles. The third-order valence-electron chi connectivity index (χ3n) is 6.12. The largest absolute Gasteiger partial charge is 0.362 e. The van der Waals surface area contributed by atoms with Crippen molar-refractivity contribution in [3.63, 3.8) is 0 Å². The number of rotatable bonds is 9. The lowest BCUT2D eigenvalue weighted by atomic mass is 10.0. The Morgan fingerprint density at radius 3 is 2.50 bits per heavy atom. The molecule has 182 valence electrons. The van der Waals surface area contributed by atoms with Crippen LogP contribution < -0.4 is 16.2 Å². The van der Waals surface area contributed by atoms with Gasteiger partial charge in [0.2, 0.25) is 0 Å². The fourth-order valence-corrected chi connectivity index (χ4v) is 4.10. The monoisotopic (exact) mass is 478 g/mol. The molecule has 0 radical (unpaired) electrons. The van der Waals surface area contributed by atoms with Gasteiger partial charge in [-0.15, -0.1) is 0 Å². The van der Waals surface area contributed by atoms with Crippen molar-refractivity contribution in [2.24, 2.45) is 0 Å². The number of hydrogen-bond donors (Lipinski definition) is 2. The van der Waals surface area contributed by atoms with Crippen molar-refractivity contribution in [3.8, 4) is 0 Å². The summed E-state index contributed by atoms with van der Waals surface area (Å²) in [6.07, 6.45) is 7.48. The molecule has 4 aromatic rings. The zero-order valence-corrected chi connectivity index (χ0v) is 20.6. The predicted molar refractivity (Wildman–Crippen MR) is 144 cm³/mol. The second kappa shape index (κ2) is 11.3. The number of carbonyl (C=O) groups excluding carboxylic acids is 1. The van der Waals surface area contributed by atoms with Crippen LogP contribution in [0.5, 0.6) is 0 Å². The molecule has 2 heterocycles. The van der Waals surface area contributed by atoms with E-state index in [1.165, 1.54) is 0 Å². The standard InChI is InChI=1S/C30H30N4O2/c1-4-32-28-14-21(2)26(13-22(28)3)19-33-30(36)27-16-25(17-31-18-27)15-23-8-10-24(11-9-23)20-34-12-6-5-7-29(34)35/h4-14,16-18,32H,1,15,19-20H2,2-3H3,(H,33,36). The Labute approximate surface area is 211 Å². The SMILES string of the molecule is C=CNc1cc(C)c(CNC(=O)c2cncc(Cc3ccc(Cn4ccccc4=O)cc3)c2)cc1C. The average Bonchev–Trinajstić information content (AvgIpc) is 2.88. The third kappa shape index (κ3) is 6.16. The highest BCUT2D eigenvalue weighted by molar-refractivity contribution is 5.94. The summed E-state index contributed by atoms with van der Waals surface area (Å²) >= 11 is 0. The minimum absolute atomic E-state index is 0.0187. The van der Waals surface area contributed by atoms with E-state index in [-0.39, 0.29) is 11.5 Å². The molecule has 2 N–H and O–H groups in total. The summed E-state index contributed by atoms with van der Waals surface area (Å²) in [5.41, 5.74) is 7.90. The third-order valence-corrected chi connectivity index (χ3v) is 6.12. The maximum atomic E-state index is 12.8. The van der Waals surface area contributed by atoms with Gasteiger partial charge in [-0.25, -0.2) is 0 Å². The summed E-state index contributed by atoms with van der Waals surface area (Å²) in [6, 6.07) is 19.3. The number of hydrogen-bond acceptors (Lipinski definition) is 4. The van der Waals surface area contributed by atoms with Crippen molar-refractivity contribution < 1.29 is 4.79 Å². The number of aromatic nitrogens is 2. The van der Waals surface area contributed by atoms with Crippen molar-refractivity contribution in [1.29, 1.82) is 0 Å². The number of pyridine rings is 2. The average molecular weight is 479 g/mol. The van der Waals surface area contributed by atoms with E-state index in [1.54, 1.807) is 41.5 Å². The van der Waals surface area contributed by atoms with Crippen LogP contribution >= 0.6 is 0 Å². The fourth-order valence-electron chi connectivity index (χ4n) is 4.10. The lowest BCUT2D eigenvalue weighted by molar-refractivity contribution is 0.0950. The van der Waals surface area contributed by atoms with Crippen LogP contribution in [0.1, 0.15) is 43.7 Å². The van der Waals surface area contributed by atoms with Crippen molar-refractivity contribution >= 4 is 11.6 Å². The van der Waals surface area contributed by atoms with Gasteiger partial charge in [0.1, 0.15) is 0 Å². The molecule has 0 spiro atoms. The van der Waals surface area contributed by atoms with Gasteiger partial charge in [0.05, 0.1) is 12.1 Å². The molecule has 0 saturated carbocycles. The maximum absolute atomic E-state index is 12.8. The summed E-state index contributed by atoms with van der Waals surface area (Å²) in [6.45, 7) is 8.74. The van der Waals surface area contributed by atoms with Crippen LogP contribution in [0.3, 0.4) is 0 Å². The van der Waals surface area contributed by atoms with Gasteiger partial charge in [-0.05, 0) is 78.0 Å². The highest BCUT2D eigenvalue weighted by atomic mass is 16.1. The van der Waals surface area contributed by atoms with Crippen LogP contribution in [-0.4, -0.2) is 15.5 Å². The predicted octanol–water partition coefficient (Wildman–Crippen LogP) is 4.98. The first-order valence-electron chi connectivity index (χ1n) is 11.9. The minimum Gasteiger partial charge on any atom is -0.362 e. The van der Waals surface area contributed by atoms with Crippen LogP contribution in [-0.2, 0) is 19.5 Å². The van der Waals surface area contributed by atoms with Gasteiger partial charge in [0.25, 0.3) is 11.5 Å². The van der Waals surface area contributed by atoms with E-state index in [2.05, 4.69) is 34.3 Å². The molecule has 36 heavy (non-hydrogen) atoms. The lowest BCUT2D eigenvalue weighted by Crippen LogP contribution is -2.23. The first-order valence-corrected chi connectivity index (χ1v) is 11.9. The first kappa shape index (κ1) is 24.7. The molecule has 1 amide bonds. The highest BCUT2D eigenvalue weighted by Crippen LogP contribution is 2.21. The van der Waals surface area contributed by atoms with Gasteiger partial charge in [-0.2, -0.15) is 0 Å². The molecular formula is C30H30N4O2. The molecule has 6 nitrogen and oxygen atoms in total. The molecule has 0 bridgehead atoms. The van der Waals surface area contributed by atoms with E-state index in [0.717, 1.165) is 39.1 Å². The Balaban J connectivity index is 1.38. The lowest BCUT2D eigenvalue weighted by Gasteiger charge is -2.13. The second-order valence-corrected chi connectivity index (χ2v) is 8.87. The van der Waals surface area contributed by atoms with Crippen LogP contribution in [0.15, 0.2) is 96.8 Å². The van der Waals surface area contributed by atoms with Gasteiger partial charge in [0.15, 0.2) is 0 Å². The Bertz CT molecular complexity index is 1440. The van der Waals surface area contributed by atoms with Crippen molar-refractivity contribution in [2.75, 3.05) is 5.32 Å². The molecule has 0 aliphatic rings. The Kier molecular flexibility index (Phi) is 7.75. The van der Waals surface area contributed by atoms with E-state index in [1.807, 2.05) is 50.2 Å². The second-order valence-electron chi connectivity index (χ2n) is 8.87. The molecule has 0 saturated heterocycles.